The van der Waals surface area contributed by atoms with Crippen LogP contribution in [0.3, 0.4) is 0 Å². The maximum atomic E-state index is 12.0. The zero-order valence-corrected chi connectivity index (χ0v) is 10.9. The first-order chi connectivity index (χ1) is 8.50. The molecule has 1 amide bonds. The molecule has 1 aliphatic rings. The van der Waals surface area contributed by atoms with Gasteiger partial charge in [-0.2, -0.15) is 0 Å². The highest BCUT2D eigenvalue weighted by Gasteiger charge is 2.31. The number of hydrogen-bond donors (Lipinski definition) is 3. The molecule has 1 aliphatic carbocycles. The molecule has 0 saturated heterocycles. The van der Waals surface area contributed by atoms with Gasteiger partial charge < -0.3 is 10.7 Å². The lowest BCUT2D eigenvalue weighted by molar-refractivity contribution is 0.0931. The summed E-state index contributed by atoms with van der Waals surface area (Å²) in [5.74, 6) is 5.14. The average molecular weight is 248 g/mol. The van der Waals surface area contributed by atoms with Crippen molar-refractivity contribution >= 4 is 11.6 Å². The van der Waals surface area contributed by atoms with E-state index in [1.54, 1.807) is 18.3 Å². The van der Waals surface area contributed by atoms with Crippen LogP contribution >= 0.6 is 0 Å². The minimum atomic E-state index is -0.110. The van der Waals surface area contributed by atoms with Gasteiger partial charge in [-0.25, -0.2) is 4.98 Å². The Labute approximate surface area is 107 Å². The summed E-state index contributed by atoms with van der Waals surface area (Å²) in [4.78, 5) is 16.1. The summed E-state index contributed by atoms with van der Waals surface area (Å²) in [6, 6.07) is 3.67. The molecule has 1 saturated carbocycles. The third kappa shape index (κ3) is 2.98. The highest BCUT2D eigenvalue weighted by atomic mass is 16.1. The van der Waals surface area contributed by atoms with Crippen LogP contribution in [0.4, 0.5) is 5.69 Å². The van der Waals surface area contributed by atoms with Gasteiger partial charge in [0.05, 0.1) is 11.9 Å². The Morgan fingerprint density at radius 1 is 1.50 bits per heavy atom. The minimum Gasteiger partial charge on any atom is -0.348 e. The van der Waals surface area contributed by atoms with Gasteiger partial charge in [0.1, 0.15) is 5.69 Å². The molecule has 1 fully saturated rings. The van der Waals surface area contributed by atoms with E-state index in [1.165, 1.54) is 0 Å². The van der Waals surface area contributed by atoms with E-state index in [0.717, 1.165) is 19.3 Å². The Kier molecular flexibility index (Phi) is 3.52. The first kappa shape index (κ1) is 12.8. The zero-order chi connectivity index (χ0) is 13.2. The van der Waals surface area contributed by atoms with E-state index in [1.807, 2.05) is 0 Å². The van der Waals surface area contributed by atoms with E-state index < -0.39 is 0 Å². The average Bonchev–Trinajstić information content (AvgIpc) is 2.68. The molecule has 1 heterocycles. The molecule has 0 aromatic carbocycles. The van der Waals surface area contributed by atoms with Crippen molar-refractivity contribution in [2.45, 2.75) is 39.2 Å². The highest BCUT2D eigenvalue weighted by molar-refractivity contribution is 5.92. The lowest BCUT2D eigenvalue weighted by Crippen LogP contribution is -2.34. The van der Waals surface area contributed by atoms with Crippen LogP contribution in [0, 0.1) is 5.41 Å². The maximum Gasteiger partial charge on any atom is 0.270 e. The highest BCUT2D eigenvalue weighted by Crippen LogP contribution is 2.36. The van der Waals surface area contributed by atoms with E-state index in [9.17, 15) is 4.79 Å². The van der Waals surface area contributed by atoms with Gasteiger partial charge in [-0.3, -0.25) is 10.6 Å². The van der Waals surface area contributed by atoms with E-state index in [-0.39, 0.29) is 11.9 Å². The number of nitrogens with one attached hydrogen (secondary N) is 2. The van der Waals surface area contributed by atoms with Crippen LogP contribution in [0.1, 0.15) is 43.6 Å². The van der Waals surface area contributed by atoms with Gasteiger partial charge in [-0.05, 0) is 36.8 Å². The number of rotatable bonds is 3. The third-order valence-electron chi connectivity index (χ3n) is 3.47. The fourth-order valence-electron chi connectivity index (χ4n) is 2.43. The second kappa shape index (κ2) is 4.94. The fraction of sp³-hybridized carbons (Fsp3) is 0.538. The summed E-state index contributed by atoms with van der Waals surface area (Å²) in [6.45, 7) is 4.47. The molecule has 2 rings (SSSR count). The van der Waals surface area contributed by atoms with Crippen molar-refractivity contribution in [3.63, 3.8) is 0 Å². The molecule has 1 atom stereocenters. The van der Waals surface area contributed by atoms with Crippen LogP contribution in [0.5, 0.6) is 0 Å². The number of carbonyl (C=O) groups excluding carboxylic acids is 1. The summed E-state index contributed by atoms with van der Waals surface area (Å²) in [5, 5.41) is 3.04. The molecule has 0 bridgehead atoms. The predicted octanol–water partition coefficient (Wildman–Crippen LogP) is 1.68. The van der Waals surface area contributed by atoms with Crippen LogP contribution in [-0.4, -0.2) is 16.9 Å². The molecule has 1 unspecified atom stereocenters. The molecule has 1 aromatic rings. The molecule has 5 heteroatoms. The number of hydrogen-bond acceptors (Lipinski definition) is 4. The molecule has 4 N–H and O–H groups in total. The number of aromatic nitrogens is 1. The maximum absolute atomic E-state index is 12.0. The fourth-order valence-corrected chi connectivity index (χ4v) is 2.43. The summed E-state index contributed by atoms with van der Waals surface area (Å²) in [6.07, 6.45) is 4.78. The van der Waals surface area contributed by atoms with Gasteiger partial charge in [0.25, 0.3) is 5.91 Å². The van der Waals surface area contributed by atoms with Crippen LogP contribution in [-0.2, 0) is 0 Å². The van der Waals surface area contributed by atoms with Gasteiger partial charge >= 0.3 is 0 Å². The van der Waals surface area contributed by atoms with Crippen LogP contribution in [0.15, 0.2) is 18.3 Å². The zero-order valence-electron chi connectivity index (χ0n) is 10.9. The van der Waals surface area contributed by atoms with Crippen molar-refractivity contribution in [2.75, 3.05) is 5.43 Å². The number of nitrogens with zero attached hydrogens (tertiary/aromatic N) is 1. The van der Waals surface area contributed by atoms with Crippen molar-refractivity contribution in [1.29, 1.82) is 0 Å². The number of anilines is 1. The van der Waals surface area contributed by atoms with Crippen LogP contribution in [0.2, 0.25) is 0 Å². The molecule has 98 valence electrons. The van der Waals surface area contributed by atoms with Gasteiger partial charge in [-0.15, -0.1) is 0 Å². The van der Waals surface area contributed by atoms with Gasteiger partial charge in [0.15, 0.2) is 0 Å². The molecular formula is C13H20N4O. The second-order valence-corrected chi connectivity index (χ2v) is 5.65. The minimum absolute atomic E-state index is 0.110. The van der Waals surface area contributed by atoms with Gasteiger partial charge in [-0.1, -0.05) is 13.8 Å². The van der Waals surface area contributed by atoms with Crippen LogP contribution < -0.4 is 16.6 Å². The van der Waals surface area contributed by atoms with Crippen molar-refractivity contribution < 1.29 is 4.79 Å². The first-order valence-electron chi connectivity index (χ1n) is 6.24. The quantitative estimate of drug-likeness (QED) is 0.561. The third-order valence-corrected chi connectivity index (χ3v) is 3.47. The monoisotopic (exact) mass is 248 g/mol. The molecule has 1 aromatic heterocycles. The van der Waals surface area contributed by atoms with E-state index >= 15 is 0 Å². The lowest BCUT2D eigenvalue weighted by Gasteiger charge is -2.17. The van der Waals surface area contributed by atoms with Crippen molar-refractivity contribution in [3.8, 4) is 0 Å². The second-order valence-electron chi connectivity index (χ2n) is 5.65. The molecule has 0 aliphatic heterocycles. The Bertz CT molecular complexity index is 427. The predicted molar refractivity (Wildman–Crippen MR) is 70.9 cm³/mol. The summed E-state index contributed by atoms with van der Waals surface area (Å²) in [7, 11) is 0. The Hall–Kier alpha value is -1.62. The smallest absolute Gasteiger partial charge is 0.270 e. The lowest BCUT2D eigenvalue weighted by atomic mass is 9.92. The largest absolute Gasteiger partial charge is 0.348 e. The van der Waals surface area contributed by atoms with E-state index in [2.05, 4.69) is 29.6 Å². The Morgan fingerprint density at radius 3 is 2.78 bits per heavy atom. The molecule has 18 heavy (non-hydrogen) atoms. The van der Waals surface area contributed by atoms with E-state index in [4.69, 9.17) is 5.84 Å². The number of nitrogens with two attached hydrogens (primary N) is 1. The SMILES string of the molecule is CC1(C)CCC(NC(=O)c2ccc(NN)cn2)C1. The summed E-state index contributed by atoms with van der Waals surface area (Å²) < 4.78 is 0. The van der Waals surface area contributed by atoms with E-state index in [0.29, 0.717) is 16.8 Å². The number of hydrazine groups is 1. The van der Waals surface area contributed by atoms with Crippen molar-refractivity contribution in [3.05, 3.63) is 24.0 Å². The van der Waals surface area contributed by atoms with Crippen molar-refractivity contribution in [2.24, 2.45) is 11.3 Å². The number of amides is 1. The Balaban J connectivity index is 1.95. The Morgan fingerprint density at radius 2 is 2.28 bits per heavy atom. The van der Waals surface area contributed by atoms with Crippen LogP contribution in [0.25, 0.3) is 0 Å². The molecular weight excluding hydrogens is 228 g/mol. The standard InChI is InChI=1S/C13H20N4O/c1-13(2)6-5-9(7-13)16-12(18)11-4-3-10(17-14)8-15-11/h3-4,8-9,17H,5-7,14H2,1-2H3,(H,16,18). The molecule has 0 radical (unpaired) electrons. The van der Waals surface area contributed by atoms with Gasteiger partial charge in [0.2, 0.25) is 0 Å². The van der Waals surface area contributed by atoms with Gasteiger partial charge in [0, 0.05) is 6.04 Å². The number of nitrogen functional groups attached to an aromatic ring is 1. The summed E-state index contributed by atoms with van der Waals surface area (Å²) in [5.41, 5.74) is 3.93. The molecule has 5 nitrogen and oxygen atoms in total. The summed E-state index contributed by atoms with van der Waals surface area (Å²) >= 11 is 0. The topological polar surface area (TPSA) is 80.0 Å². The van der Waals surface area contributed by atoms with Crippen molar-refractivity contribution in [1.82, 2.24) is 10.3 Å². The first-order valence-corrected chi connectivity index (χ1v) is 6.24. The number of carbonyl (C=O) groups is 1. The molecule has 0 spiro atoms. The number of pyridine rings is 1. The normalized spacial score (nSPS) is 21.6.